The predicted octanol–water partition coefficient (Wildman–Crippen LogP) is 4.85. The van der Waals surface area contributed by atoms with Gasteiger partial charge in [-0.3, -0.25) is 0 Å². The Morgan fingerprint density at radius 2 is 1.80 bits per heavy atom. The standard InChI is InChI=1S/C16H17Cl2NO/c1-11(15-9-13(17)5-8-16(15)18)19-10-12-3-6-14(20-2)7-4-12/h3-9,11,19H,10H2,1-2H3. The Morgan fingerprint density at radius 3 is 2.45 bits per heavy atom. The first-order chi connectivity index (χ1) is 9.60. The molecule has 1 N–H and O–H groups in total. The van der Waals surface area contributed by atoms with Crippen LogP contribution >= 0.6 is 23.2 Å². The third kappa shape index (κ3) is 3.89. The van der Waals surface area contributed by atoms with Gasteiger partial charge in [0.15, 0.2) is 0 Å². The van der Waals surface area contributed by atoms with Crippen LogP contribution in [-0.2, 0) is 6.54 Å². The summed E-state index contributed by atoms with van der Waals surface area (Å²) in [6.07, 6.45) is 0. The van der Waals surface area contributed by atoms with Crippen LogP contribution in [0.4, 0.5) is 0 Å². The quantitative estimate of drug-likeness (QED) is 0.852. The maximum atomic E-state index is 6.20. The number of hydrogen-bond acceptors (Lipinski definition) is 2. The number of hydrogen-bond donors (Lipinski definition) is 1. The molecule has 2 nitrogen and oxygen atoms in total. The van der Waals surface area contributed by atoms with Gasteiger partial charge in [-0.05, 0) is 48.4 Å². The van der Waals surface area contributed by atoms with Crippen molar-refractivity contribution in [1.29, 1.82) is 0 Å². The van der Waals surface area contributed by atoms with Gasteiger partial charge in [-0.2, -0.15) is 0 Å². The van der Waals surface area contributed by atoms with Gasteiger partial charge in [0.1, 0.15) is 5.75 Å². The van der Waals surface area contributed by atoms with Crippen molar-refractivity contribution in [3.8, 4) is 5.75 Å². The molecule has 0 spiro atoms. The van der Waals surface area contributed by atoms with E-state index in [-0.39, 0.29) is 6.04 Å². The van der Waals surface area contributed by atoms with Gasteiger partial charge < -0.3 is 10.1 Å². The lowest BCUT2D eigenvalue weighted by molar-refractivity contribution is 0.414. The van der Waals surface area contributed by atoms with Gasteiger partial charge in [-0.25, -0.2) is 0 Å². The summed E-state index contributed by atoms with van der Waals surface area (Å²) in [6, 6.07) is 13.6. The lowest BCUT2D eigenvalue weighted by atomic mass is 10.1. The summed E-state index contributed by atoms with van der Waals surface area (Å²) in [6.45, 7) is 2.83. The molecule has 1 unspecified atom stereocenters. The van der Waals surface area contributed by atoms with E-state index in [1.54, 1.807) is 13.2 Å². The van der Waals surface area contributed by atoms with Gasteiger partial charge in [0.25, 0.3) is 0 Å². The number of methoxy groups -OCH3 is 1. The molecule has 0 fully saturated rings. The Balaban J connectivity index is 2.00. The van der Waals surface area contributed by atoms with Gasteiger partial charge in [-0.15, -0.1) is 0 Å². The normalized spacial score (nSPS) is 12.2. The fourth-order valence-electron chi connectivity index (χ4n) is 1.97. The van der Waals surface area contributed by atoms with Crippen LogP contribution in [0.15, 0.2) is 42.5 Å². The molecule has 0 bridgehead atoms. The molecule has 0 radical (unpaired) electrons. The smallest absolute Gasteiger partial charge is 0.118 e. The lowest BCUT2D eigenvalue weighted by Gasteiger charge is -2.16. The molecular formula is C16H17Cl2NO. The van der Waals surface area contributed by atoms with E-state index in [0.29, 0.717) is 5.02 Å². The predicted molar refractivity (Wildman–Crippen MR) is 84.7 cm³/mol. The van der Waals surface area contributed by atoms with Crippen LogP contribution in [0.3, 0.4) is 0 Å². The molecule has 0 heterocycles. The van der Waals surface area contributed by atoms with E-state index in [1.165, 1.54) is 5.56 Å². The van der Waals surface area contributed by atoms with E-state index in [0.717, 1.165) is 22.9 Å². The first kappa shape index (κ1) is 15.2. The molecule has 0 aliphatic rings. The molecule has 0 aliphatic heterocycles. The molecule has 2 aromatic rings. The minimum Gasteiger partial charge on any atom is -0.497 e. The maximum Gasteiger partial charge on any atom is 0.118 e. The van der Waals surface area contributed by atoms with Crippen LogP contribution in [-0.4, -0.2) is 7.11 Å². The molecule has 106 valence electrons. The molecule has 2 aromatic carbocycles. The van der Waals surface area contributed by atoms with E-state index in [1.807, 2.05) is 36.4 Å². The van der Waals surface area contributed by atoms with E-state index in [4.69, 9.17) is 27.9 Å². The Kier molecular flexibility index (Phi) is 5.30. The summed E-state index contributed by atoms with van der Waals surface area (Å²) >= 11 is 12.2. The molecule has 0 saturated carbocycles. The number of ether oxygens (including phenoxy) is 1. The van der Waals surface area contributed by atoms with Crippen LogP contribution in [0.1, 0.15) is 24.1 Å². The maximum absolute atomic E-state index is 6.20. The Bertz CT molecular complexity index is 569. The van der Waals surface area contributed by atoms with Gasteiger partial charge in [0.05, 0.1) is 7.11 Å². The van der Waals surface area contributed by atoms with Crippen molar-refractivity contribution in [2.75, 3.05) is 7.11 Å². The van der Waals surface area contributed by atoms with Gasteiger partial charge in [0.2, 0.25) is 0 Å². The Labute approximate surface area is 129 Å². The number of rotatable bonds is 5. The summed E-state index contributed by atoms with van der Waals surface area (Å²) in [4.78, 5) is 0. The van der Waals surface area contributed by atoms with Crippen LogP contribution < -0.4 is 10.1 Å². The molecule has 0 aliphatic carbocycles. The zero-order chi connectivity index (χ0) is 14.5. The van der Waals surface area contributed by atoms with Crippen molar-refractivity contribution < 1.29 is 4.74 Å². The van der Waals surface area contributed by atoms with E-state index >= 15 is 0 Å². The summed E-state index contributed by atoms with van der Waals surface area (Å²) in [5.74, 6) is 0.861. The molecule has 1 atom stereocenters. The lowest BCUT2D eigenvalue weighted by Crippen LogP contribution is -2.18. The average molecular weight is 310 g/mol. The SMILES string of the molecule is COc1ccc(CNC(C)c2cc(Cl)ccc2Cl)cc1. The second kappa shape index (κ2) is 6.98. The number of benzene rings is 2. The largest absolute Gasteiger partial charge is 0.497 e. The fraction of sp³-hybridized carbons (Fsp3) is 0.250. The first-order valence-electron chi connectivity index (χ1n) is 6.41. The number of halogens is 2. The van der Waals surface area contributed by atoms with Crippen molar-refractivity contribution >= 4 is 23.2 Å². The van der Waals surface area contributed by atoms with Crippen LogP contribution in [0.2, 0.25) is 10.0 Å². The summed E-state index contributed by atoms with van der Waals surface area (Å²) in [7, 11) is 1.66. The van der Waals surface area contributed by atoms with Gasteiger partial charge in [0, 0.05) is 22.6 Å². The molecule has 20 heavy (non-hydrogen) atoms. The van der Waals surface area contributed by atoms with Crippen LogP contribution in [0.25, 0.3) is 0 Å². The van der Waals surface area contributed by atoms with Crippen molar-refractivity contribution in [3.05, 3.63) is 63.6 Å². The summed E-state index contributed by atoms with van der Waals surface area (Å²) in [5.41, 5.74) is 2.20. The monoisotopic (exact) mass is 309 g/mol. The van der Waals surface area contributed by atoms with Crippen LogP contribution in [0.5, 0.6) is 5.75 Å². The first-order valence-corrected chi connectivity index (χ1v) is 7.17. The summed E-state index contributed by atoms with van der Waals surface area (Å²) in [5, 5.41) is 4.86. The van der Waals surface area contributed by atoms with E-state index in [2.05, 4.69) is 12.2 Å². The van der Waals surface area contributed by atoms with Crippen LogP contribution in [0, 0.1) is 0 Å². The third-order valence-electron chi connectivity index (χ3n) is 3.20. The second-order valence-corrected chi connectivity index (χ2v) is 5.46. The van der Waals surface area contributed by atoms with Gasteiger partial charge in [-0.1, -0.05) is 35.3 Å². The Hall–Kier alpha value is -1.22. The molecule has 0 saturated heterocycles. The van der Waals surface area contributed by atoms with Crippen molar-refractivity contribution in [1.82, 2.24) is 5.32 Å². The van der Waals surface area contributed by atoms with Gasteiger partial charge >= 0.3 is 0 Å². The highest BCUT2D eigenvalue weighted by Crippen LogP contribution is 2.26. The van der Waals surface area contributed by atoms with Crippen molar-refractivity contribution in [2.45, 2.75) is 19.5 Å². The van der Waals surface area contributed by atoms with Crippen molar-refractivity contribution in [3.63, 3.8) is 0 Å². The second-order valence-electron chi connectivity index (χ2n) is 4.62. The van der Waals surface area contributed by atoms with E-state index < -0.39 is 0 Å². The average Bonchev–Trinajstić information content (AvgIpc) is 2.47. The molecule has 4 heteroatoms. The third-order valence-corrected chi connectivity index (χ3v) is 3.78. The minimum absolute atomic E-state index is 0.128. The van der Waals surface area contributed by atoms with E-state index in [9.17, 15) is 0 Å². The number of nitrogens with one attached hydrogen (secondary N) is 1. The highest BCUT2D eigenvalue weighted by atomic mass is 35.5. The van der Waals surface area contributed by atoms with Crippen molar-refractivity contribution in [2.24, 2.45) is 0 Å². The topological polar surface area (TPSA) is 21.3 Å². The summed E-state index contributed by atoms with van der Waals surface area (Å²) < 4.78 is 5.14. The highest BCUT2D eigenvalue weighted by Gasteiger charge is 2.09. The Morgan fingerprint density at radius 1 is 1.10 bits per heavy atom. The molecule has 0 amide bonds. The molecule has 0 aromatic heterocycles. The zero-order valence-corrected chi connectivity index (χ0v) is 13.0. The minimum atomic E-state index is 0.128. The fourth-order valence-corrected chi connectivity index (χ4v) is 2.43. The molecule has 2 rings (SSSR count). The zero-order valence-electron chi connectivity index (χ0n) is 11.5. The molecular weight excluding hydrogens is 293 g/mol. The highest BCUT2D eigenvalue weighted by molar-refractivity contribution is 6.33.